The molecule has 90 valence electrons. The van der Waals surface area contributed by atoms with Crippen LogP contribution in [0.1, 0.15) is 23.5 Å². The maximum Gasteiger partial charge on any atom is 0.0897 e. The van der Waals surface area contributed by atoms with Gasteiger partial charge in [0.25, 0.3) is 0 Å². The van der Waals surface area contributed by atoms with Gasteiger partial charge in [-0.15, -0.1) is 11.3 Å². The fourth-order valence-corrected chi connectivity index (χ4v) is 2.95. The van der Waals surface area contributed by atoms with Crippen molar-refractivity contribution in [2.75, 3.05) is 26.7 Å². The van der Waals surface area contributed by atoms with Crippen LogP contribution in [0.25, 0.3) is 0 Å². The van der Waals surface area contributed by atoms with Crippen LogP contribution in [0, 0.1) is 12.8 Å². The van der Waals surface area contributed by atoms with Crippen LogP contribution in [-0.4, -0.2) is 36.6 Å². The zero-order valence-corrected chi connectivity index (χ0v) is 11.0. The number of thiazole rings is 1. The van der Waals surface area contributed by atoms with Crippen molar-refractivity contribution in [2.45, 2.75) is 26.3 Å². The Morgan fingerprint density at radius 3 is 3.12 bits per heavy atom. The number of aryl methyl sites for hydroxylation is 1. The Balaban J connectivity index is 1.77. The maximum absolute atomic E-state index is 4.50. The predicted octanol–water partition coefficient (Wildman–Crippen LogP) is 1.88. The van der Waals surface area contributed by atoms with E-state index < -0.39 is 0 Å². The van der Waals surface area contributed by atoms with Gasteiger partial charge in [-0.1, -0.05) is 0 Å². The Labute approximate surface area is 102 Å². The average molecular weight is 239 g/mol. The van der Waals surface area contributed by atoms with Crippen molar-refractivity contribution in [2.24, 2.45) is 5.92 Å². The van der Waals surface area contributed by atoms with E-state index in [2.05, 4.69) is 34.6 Å². The molecule has 2 rings (SSSR count). The fourth-order valence-electron chi connectivity index (χ4n) is 2.34. The van der Waals surface area contributed by atoms with E-state index in [1.807, 2.05) is 0 Å². The Bertz CT molecular complexity index is 318. The average Bonchev–Trinajstić information content (AvgIpc) is 2.65. The summed E-state index contributed by atoms with van der Waals surface area (Å²) in [6.45, 7) is 6.62. The van der Waals surface area contributed by atoms with Crippen molar-refractivity contribution in [1.29, 1.82) is 0 Å². The molecule has 0 radical (unpaired) electrons. The third-order valence-electron chi connectivity index (χ3n) is 3.07. The van der Waals surface area contributed by atoms with Gasteiger partial charge in [0.1, 0.15) is 0 Å². The normalized spacial score (nSPS) is 21.6. The summed E-state index contributed by atoms with van der Waals surface area (Å²) in [4.78, 5) is 6.90. The lowest BCUT2D eigenvalue weighted by Gasteiger charge is -2.27. The van der Waals surface area contributed by atoms with E-state index in [1.165, 1.54) is 43.2 Å². The molecule has 0 amide bonds. The van der Waals surface area contributed by atoms with Gasteiger partial charge in [-0.05, 0) is 45.8 Å². The summed E-state index contributed by atoms with van der Waals surface area (Å²) in [5.41, 5.74) is 1.22. The highest BCUT2D eigenvalue weighted by Crippen LogP contribution is 2.14. The first kappa shape index (κ1) is 12.0. The van der Waals surface area contributed by atoms with Crippen LogP contribution >= 0.6 is 11.3 Å². The van der Waals surface area contributed by atoms with E-state index in [1.54, 1.807) is 11.3 Å². The smallest absolute Gasteiger partial charge is 0.0897 e. The Morgan fingerprint density at radius 1 is 1.62 bits per heavy atom. The first-order chi connectivity index (χ1) is 7.74. The van der Waals surface area contributed by atoms with Gasteiger partial charge in [0.2, 0.25) is 0 Å². The summed E-state index contributed by atoms with van der Waals surface area (Å²) in [7, 11) is 2.20. The van der Waals surface area contributed by atoms with E-state index in [4.69, 9.17) is 0 Å². The fraction of sp³-hybridized carbons (Fsp3) is 0.750. The van der Waals surface area contributed by atoms with Crippen LogP contribution in [0.4, 0.5) is 0 Å². The first-order valence-corrected chi connectivity index (χ1v) is 6.92. The lowest BCUT2D eigenvalue weighted by atomic mass is 9.99. The Hall–Kier alpha value is -0.450. The van der Waals surface area contributed by atoms with Crippen molar-refractivity contribution < 1.29 is 0 Å². The third-order valence-corrected chi connectivity index (χ3v) is 3.89. The first-order valence-electron chi connectivity index (χ1n) is 6.04. The number of nitrogens with zero attached hydrogens (tertiary/aromatic N) is 2. The predicted molar refractivity (Wildman–Crippen MR) is 68.8 cm³/mol. The third kappa shape index (κ3) is 3.54. The monoisotopic (exact) mass is 239 g/mol. The summed E-state index contributed by atoms with van der Waals surface area (Å²) in [5.74, 6) is 0.818. The summed E-state index contributed by atoms with van der Waals surface area (Å²) >= 11 is 1.74. The highest BCUT2D eigenvalue weighted by atomic mass is 32.1. The van der Waals surface area contributed by atoms with Crippen molar-refractivity contribution in [3.8, 4) is 0 Å². The Morgan fingerprint density at radius 2 is 2.50 bits per heavy atom. The van der Waals surface area contributed by atoms with Crippen LogP contribution in [-0.2, 0) is 6.54 Å². The van der Waals surface area contributed by atoms with Crippen molar-refractivity contribution in [1.82, 2.24) is 15.2 Å². The van der Waals surface area contributed by atoms with Gasteiger partial charge < -0.3 is 10.2 Å². The van der Waals surface area contributed by atoms with Gasteiger partial charge in [0.05, 0.1) is 10.7 Å². The summed E-state index contributed by atoms with van der Waals surface area (Å²) in [6.07, 6.45) is 2.70. The minimum atomic E-state index is 0.818. The van der Waals surface area contributed by atoms with E-state index >= 15 is 0 Å². The van der Waals surface area contributed by atoms with Gasteiger partial charge in [-0.25, -0.2) is 4.98 Å². The van der Waals surface area contributed by atoms with E-state index in [-0.39, 0.29) is 0 Å². The van der Waals surface area contributed by atoms with Crippen LogP contribution in [0.2, 0.25) is 0 Å². The lowest BCUT2D eigenvalue weighted by Crippen LogP contribution is -2.36. The largest absolute Gasteiger partial charge is 0.316 e. The number of nitrogens with one attached hydrogen (secondary N) is 1. The van der Waals surface area contributed by atoms with Gasteiger partial charge in [-0.2, -0.15) is 0 Å². The number of hydrogen-bond donors (Lipinski definition) is 1. The number of piperidine rings is 1. The zero-order chi connectivity index (χ0) is 11.4. The molecule has 4 heteroatoms. The van der Waals surface area contributed by atoms with Gasteiger partial charge in [0, 0.05) is 18.5 Å². The molecule has 1 aromatic rings. The topological polar surface area (TPSA) is 28.2 Å². The van der Waals surface area contributed by atoms with E-state index in [0.29, 0.717) is 0 Å². The molecule has 1 unspecified atom stereocenters. The highest BCUT2D eigenvalue weighted by molar-refractivity contribution is 7.09. The van der Waals surface area contributed by atoms with Gasteiger partial charge >= 0.3 is 0 Å². The molecule has 1 aromatic heterocycles. The molecule has 1 N–H and O–H groups in total. The molecule has 16 heavy (non-hydrogen) atoms. The molecular formula is C12H21N3S. The molecule has 0 saturated carbocycles. The van der Waals surface area contributed by atoms with Crippen molar-refractivity contribution >= 4 is 11.3 Å². The van der Waals surface area contributed by atoms with Crippen LogP contribution < -0.4 is 5.32 Å². The van der Waals surface area contributed by atoms with Gasteiger partial charge in [-0.3, -0.25) is 0 Å². The molecule has 1 atom stereocenters. The van der Waals surface area contributed by atoms with Crippen LogP contribution in [0.15, 0.2) is 5.38 Å². The maximum atomic E-state index is 4.50. The van der Waals surface area contributed by atoms with E-state index in [0.717, 1.165) is 12.5 Å². The molecule has 0 spiro atoms. The number of rotatable bonds is 4. The molecule has 0 bridgehead atoms. The van der Waals surface area contributed by atoms with Crippen LogP contribution in [0.5, 0.6) is 0 Å². The molecule has 1 saturated heterocycles. The summed E-state index contributed by atoms with van der Waals surface area (Å²) in [5, 5.41) is 6.81. The summed E-state index contributed by atoms with van der Waals surface area (Å²) < 4.78 is 0. The van der Waals surface area contributed by atoms with Crippen LogP contribution in [0.3, 0.4) is 0 Å². The molecule has 1 aliphatic heterocycles. The molecule has 2 heterocycles. The molecule has 1 aliphatic rings. The minimum absolute atomic E-state index is 0.818. The quantitative estimate of drug-likeness (QED) is 0.869. The second-order valence-corrected chi connectivity index (χ2v) is 5.83. The van der Waals surface area contributed by atoms with Crippen molar-refractivity contribution in [3.05, 3.63) is 16.1 Å². The standard InChI is InChI=1S/C12H21N3S/c1-10-14-12(9-16-10)8-15(2)7-11-4-3-5-13-6-11/h9,11,13H,3-8H2,1-2H3. The second kappa shape index (κ2) is 5.75. The lowest BCUT2D eigenvalue weighted by molar-refractivity contribution is 0.236. The van der Waals surface area contributed by atoms with E-state index in [9.17, 15) is 0 Å². The zero-order valence-electron chi connectivity index (χ0n) is 10.2. The second-order valence-electron chi connectivity index (χ2n) is 4.77. The Kier molecular flexibility index (Phi) is 4.32. The molecule has 0 aromatic carbocycles. The van der Waals surface area contributed by atoms with Crippen molar-refractivity contribution in [3.63, 3.8) is 0 Å². The minimum Gasteiger partial charge on any atom is -0.316 e. The highest BCUT2D eigenvalue weighted by Gasteiger charge is 2.15. The number of hydrogen-bond acceptors (Lipinski definition) is 4. The molecular weight excluding hydrogens is 218 g/mol. The summed E-state index contributed by atoms with van der Waals surface area (Å²) in [6, 6.07) is 0. The number of aromatic nitrogens is 1. The molecule has 3 nitrogen and oxygen atoms in total. The van der Waals surface area contributed by atoms with Gasteiger partial charge in [0.15, 0.2) is 0 Å². The molecule has 0 aliphatic carbocycles. The SMILES string of the molecule is Cc1nc(CN(C)CC2CCCNC2)cs1. The molecule has 1 fully saturated rings.